The molecule has 0 saturated carbocycles. The van der Waals surface area contributed by atoms with Crippen molar-refractivity contribution < 1.29 is 0 Å². The van der Waals surface area contributed by atoms with Gasteiger partial charge < -0.3 is 5.73 Å². The molecule has 0 saturated heterocycles. The summed E-state index contributed by atoms with van der Waals surface area (Å²) in [7, 11) is -1.56. The maximum absolute atomic E-state index is 6.14. The van der Waals surface area contributed by atoms with Gasteiger partial charge in [-0.3, -0.25) is 0 Å². The van der Waals surface area contributed by atoms with Crippen molar-refractivity contribution in [3.05, 3.63) is 12.2 Å². The lowest BCUT2D eigenvalue weighted by Gasteiger charge is -2.60. The first-order chi connectivity index (χ1) is 7.37. The summed E-state index contributed by atoms with van der Waals surface area (Å²) in [6.07, 6.45) is 5.51. The topological polar surface area (TPSA) is 26.0 Å². The highest BCUT2D eigenvalue weighted by molar-refractivity contribution is 6.81. The molecule has 0 bridgehead atoms. The first-order valence-electron chi connectivity index (χ1n) is 6.71. The Morgan fingerprint density at radius 1 is 0.941 bits per heavy atom. The van der Waals surface area contributed by atoms with E-state index >= 15 is 0 Å². The van der Waals surface area contributed by atoms with Crippen molar-refractivity contribution in [3.63, 3.8) is 0 Å². The van der Waals surface area contributed by atoms with Crippen LogP contribution < -0.4 is 5.73 Å². The summed E-state index contributed by atoms with van der Waals surface area (Å²) < 4.78 is 0. The summed E-state index contributed by atoms with van der Waals surface area (Å²) in [5.41, 5.74) is 6.60. The van der Waals surface area contributed by atoms with E-state index in [0.29, 0.717) is 0 Å². The third kappa shape index (κ3) is 2.68. The van der Waals surface area contributed by atoms with Gasteiger partial charge in [-0.05, 0) is 29.0 Å². The van der Waals surface area contributed by atoms with E-state index in [1.165, 1.54) is 0 Å². The minimum atomic E-state index is -1.56. The van der Waals surface area contributed by atoms with Crippen LogP contribution in [0, 0.1) is 10.8 Å². The van der Waals surface area contributed by atoms with Gasteiger partial charge in [0, 0.05) is 0 Å². The highest BCUT2D eigenvalue weighted by atomic mass is 28.3. The van der Waals surface area contributed by atoms with E-state index in [4.69, 9.17) is 5.73 Å². The average Bonchev–Trinajstić information content (AvgIpc) is 2.09. The minimum absolute atomic E-state index is 0.205. The van der Waals surface area contributed by atoms with Crippen LogP contribution in [-0.2, 0) is 0 Å². The van der Waals surface area contributed by atoms with Crippen LogP contribution >= 0.6 is 0 Å². The molecule has 2 heteroatoms. The lowest BCUT2D eigenvalue weighted by atomic mass is 9.65. The van der Waals surface area contributed by atoms with E-state index in [1.54, 1.807) is 0 Å². The highest BCUT2D eigenvalue weighted by Gasteiger charge is 2.57. The molecule has 0 radical (unpaired) electrons. The quantitative estimate of drug-likeness (QED) is 0.579. The number of nitrogens with two attached hydrogens (primary N) is 1. The van der Waals surface area contributed by atoms with E-state index in [0.717, 1.165) is 6.17 Å². The number of rotatable bonds is 3. The van der Waals surface area contributed by atoms with Gasteiger partial charge in [-0.25, -0.2) is 0 Å². The van der Waals surface area contributed by atoms with Gasteiger partial charge >= 0.3 is 0 Å². The van der Waals surface area contributed by atoms with Crippen LogP contribution in [0.1, 0.15) is 48.5 Å². The second kappa shape index (κ2) is 4.89. The summed E-state index contributed by atoms with van der Waals surface area (Å²) in [4.78, 5) is 0. The molecule has 102 valence electrons. The Balaban J connectivity index is 6.15. The van der Waals surface area contributed by atoms with E-state index in [2.05, 4.69) is 73.7 Å². The molecule has 2 N–H and O–H groups in total. The Morgan fingerprint density at radius 3 is 1.47 bits per heavy atom. The first-order valence-corrected chi connectivity index (χ1v) is 9.92. The molecular formula is C15H33NSi. The fourth-order valence-electron chi connectivity index (χ4n) is 4.29. The molecule has 0 amide bonds. The van der Waals surface area contributed by atoms with E-state index in [1.807, 2.05) is 0 Å². The highest BCUT2D eigenvalue weighted by Crippen LogP contribution is 2.64. The summed E-state index contributed by atoms with van der Waals surface area (Å²) in [5, 5.41) is 0.205. The molecule has 0 aromatic heterocycles. The number of hydrogen-bond acceptors (Lipinski definition) is 1. The molecule has 0 spiro atoms. The minimum Gasteiger partial charge on any atom is -0.333 e. The lowest BCUT2D eigenvalue weighted by Crippen LogP contribution is -2.59. The molecule has 0 atom stereocenters. The van der Waals surface area contributed by atoms with Gasteiger partial charge in [-0.1, -0.05) is 66.8 Å². The molecule has 0 fully saturated rings. The lowest BCUT2D eigenvalue weighted by molar-refractivity contribution is 0.156. The second-order valence-electron chi connectivity index (χ2n) is 7.90. The molecule has 0 aliphatic carbocycles. The fourth-order valence-corrected chi connectivity index (χ4v) is 9.29. The third-order valence-electron chi connectivity index (χ3n) is 4.36. The predicted octanol–water partition coefficient (Wildman–Crippen LogP) is 4.60. The maximum Gasteiger partial charge on any atom is 0.0737 e. The van der Waals surface area contributed by atoms with Crippen molar-refractivity contribution in [1.29, 1.82) is 0 Å². The van der Waals surface area contributed by atoms with Crippen molar-refractivity contribution in [2.24, 2.45) is 16.6 Å². The molecule has 0 aromatic rings. The van der Waals surface area contributed by atoms with Crippen LogP contribution in [0.15, 0.2) is 12.2 Å². The Morgan fingerprint density at radius 2 is 1.29 bits per heavy atom. The Labute approximate surface area is 110 Å². The molecular weight excluding hydrogens is 222 g/mol. The molecule has 0 heterocycles. The molecule has 0 unspecified atom stereocenters. The van der Waals surface area contributed by atoms with Gasteiger partial charge in [0.15, 0.2) is 0 Å². The van der Waals surface area contributed by atoms with Gasteiger partial charge in [-0.15, -0.1) is 0 Å². The predicted molar refractivity (Wildman–Crippen MR) is 83.0 cm³/mol. The monoisotopic (exact) mass is 255 g/mol. The molecule has 1 nitrogen and oxygen atoms in total. The fraction of sp³-hybridized carbons (Fsp3) is 0.867. The standard InChI is InChI=1S/C15H33NSi/c1-10-11-15(13(2,3)4,14(5,6)7)17(8,9)12-16/h10-11H,12,16H2,1-9H3. The number of hydrogen-bond donors (Lipinski definition) is 1. The van der Waals surface area contributed by atoms with Gasteiger partial charge in [0.05, 0.1) is 8.07 Å². The van der Waals surface area contributed by atoms with Crippen molar-refractivity contribution in [1.82, 2.24) is 0 Å². The summed E-state index contributed by atoms with van der Waals surface area (Å²) in [6.45, 7) is 21.2. The third-order valence-corrected chi connectivity index (χ3v) is 9.18. The van der Waals surface area contributed by atoms with Crippen LogP contribution in [0.4, 0.5) is 0 Å². The van der Waals surface area contributed by atoms with Crippen LogP contribution in [0.3, 0.4) is 0 Å². The number of allylic oxidation sites excluding steroid dienone is 2. The van der Waals surface area contributed by atoms with Crippen LogP contribution in [0.5, 0.6) is 0 Å². The molecule has 17 heavy (non-hydrogen) atoms. The van der Waals surface area contributed by atoms with Crippen molar-refractivity contribution >= 4 is 8.07 Å². The zero-order valence-electron chi connectivity index (χ0n) is 13.4. The zero-order valence-corrected chi connectivity index (χ0v) is 14.4. The first kappa shape index (κ1) is 16.9. The van der Waals surface area contributed by atoms with E-state index in [-0.39, 0.29) is 15.9 Å². The summed E-state index contributed by atoms with van der Waals surface area (Å²) in [6, 6.07) is 0. The zero-order chi connectivity index (χ0) is 14.1. The SMILES string of the molecule is CC=CC(C(C)(C)C)(C(C)(C)C)[Si](C)(C)CN. The summed E-state index contributed by atoms with van der Waals surface area (Å²) in [5.74, 6) is 0. The second-order valence-corrected chi connectivity index (χ2v) is 12.9. The molecule has 0 aliphatic heterocycles. The average molecular weight is 256 g/mol. The summed E-state index contributed by atoms with van der Waals surface area (Å²) >= 11 is 0. The van der Waals surface area contributed by atoms with Gasteiger partial charge in [0.2, 0.25) is 0 Å². The Bertz CT molecular complexity index is 262. The molecule has 0 aromatic carbocycles. The van der Waals surface area contributed by atoms with E-state index < -0.39 is 8.07 Å². The van der Waals surface area contributed by atoms with Crippen molar-refractivity contribution in [3.8, 4) is 0 Å². The van der Waals surface area contributed by atoms with Crippen LogP contribution in [0.25, 0.3) is 0 Å². The van der Waals surface area contributed by atoms with Crippen LogP contribution in [0.2, 0.25) is 18.1 Å². The van der Waals surface area contributed by atoms with E-state index in [9.17, 15) is 0 Å². The Kier molecular flexibility index (Phi) is 4.86. The van der Waals surface area contributed by atoms with Crippen molar-refractivity contribution in [2.75, 3.05) is 6.17 Å². The Hall–Kier alpha value is -0.0831. The van der Waals surface area contributed by atoms with Gasteiger partial charge in [0.1, 0.15) is 0 Å². The van der Waals surface area contributed by atoms with Crippen molar-refractivity contribution in [2.45, 2.75) is 66.6 Å². The molecule has 0 rings (SSSR count). The molecule has 0 aliphatic rings. The van der Waals surface area contributed by atoms with Gasteiger partial charge in [-0.2, -0.15) is 0 Å². The van der Waals surface area contributed by atoms with Gasteiger partial charge in [0.25, 0.3) is 0 Å². The maximum atomic E-state index is 6.14. The smallest absolute Gasteiger partial charge is 0.0737 e. The normalized spacial score (nSPS) is 15.6. The van der Waals surface area contributed by atoms with Crippen LogP contribution in [-0.4, -0.2) is 14.2 Å². The largest absolute Gasteiger partial charge is 0.333 e.